The quantitative estimate of drug-likeness (QED) is 0.672. The van der Waals surface area contributed by atoms with Crippen molar-refractivity contribution in [2.45, 2.75) is 19.8 Å². The summed E-state index contributed by atoms with van der Waals surface area (Å²) in [5.41, 5.74) is 3.72. The van der Waals surface area contributed by atoms with E-state index in [2.05, 4.69) is 5.43 Å². The Morgan fingerprint density at radius 1 is 1.23 bits per heavy atom. The van der Waals surface area contributed by atoms with Gasteiger partial charge in [0.1, 0.15) is 0 Å². The number of hydrogen-bond donors (Lipinski definition) is 1. The zero-order valence-corrected chi connectivity index (χ0v) is 12.8. The molecule has 1 aliphatic heterocycles. The van der Waals surface area contributed by atoms with E-state index in [4.69, 9.17) is 11.6 Å². The molecule has 2 aliphatic rings. The Bertz CT molecular complexity index is 698. The van der Waals surface area contributed by atoms with Crippen molar-refractivity contribution in [2.24, 2.45) is 11.8 Å². The predicted molar refractivity (Wildman–Crippen MR) is 80.7 cm³/mol. The Kier molecular flexibility index (Phi) is 3.74. The highest BCUT2D eigenvalue weighted by atomic mass is 35.5. The standard InChI is InChI=1S/C16H15ClN2O3/c1-9-6-7-10-12(8-9)16(22)19(15(10)21)18-14(20)11-4-2-3-5-13(11)17/h2-6,10,12H,7-8H2,1H3,(H,18,20)/t10-,12-/m1/s1. The topological polar surface area (TPSA) is 66.5 Å². The number of benzene rings is 1. The van der Waals surface area contributed by atoms with Crippen LogP contribution in [0.2, 0.25) is 5.02 Å². The Balaban J connectivity index is 1.79. The average molecular weight is 319 g/mol. The molecule has 1 N–H and O–H groups in total. The van der Waals surface area contributed by atoms with Crippen molar-refractivity contribution in [2.75, 3.05) is 0 Å². The minimum atomic E-state index is -0.560. The van der Waals surface area contributed by atoms with Crippen LogP contribution < -0.4 is 5.43 Å². The summed E-state index contributed by atoms with van der Waals surface area (Å²) < 4.78 is 0. The van der Waals surface area contributed by atoms with Gasteiger partial charge in [-0.2, -0.15) is 5.01 Å². The number of imide groups is 1. The van der Waals surface area contributed by atoms with E-state index < -0.39 is 5.91 Å². The van der Waals surface area contributed by atoms with Crippen LogP contribution in [0.5, 0.6) is 0 Å². The zero-order chi connectivity index (χ0) is 15.9. The number of nitrogens with zero attached hydrogens (tertiary/aromatic N) is 1. The van der Waals surface area contributed by atoms with Gasteiger partial charge in [-0.1, -0.05) is 35.4 Å². The molecule has 1 heterocycles. The van der Waals surface area contributed by atoms with Gasteiger partial charge in [0.2, 0.25) is 0 Å². The maximum atomic E-state index is 12.4. The van der Waals surface area contributed by atoms with Crippen molar-refractivity contribution in [3.63, 3.8) is 0 Å². The smallest absolute Gasteiger partial charge is 0.271 e. The van der Waals surface area contributed by atoms with Gasteiger partial charge >= 0.3 is 0 Å². The molecule has 0 unspecified atom stereocenters. The Morgan fingerprint density at radius 3 is 2.64 bits per heavy atom. The summed E-state index contributed by atoms with van der Waals surface area (Å²) in [7, 11) is 0. The van der Waals surface area contributed by atoms with Gasteiger partial charge in [-0.05, 0) is 31.9 Å². The Hall–Kier alpha value is -2.14. The van der Waals surface area contributed by atoms with Crippen LogP contribution in [-0.2, 0) is 9.59 Å². The van der Waals surface area contributed by atoms with Crippen molar-refractivity contribution in [1.82, 2.24) is 10.4 Å². The summed E-state index contributed by atoms with van der Waals surface area (Å²) in [6.07, 6.45) is 3.08. The predicted octanol–water partition coefficient (Wildman–Crippen LogP) is 2.33. The van der Waals surface area contributed by atoms with E-state index >= 15 is 0 Å². The molecule has 1 saturated heterocycles. The maximum absolute atomic E-state index is 12.4. The molecule has 114 valence electrons. The number of hydrazine groups is 1. The summed E-state index contributed by atoms with van der Waals surface area (Å²) in [5.74, 6) is -2.00. The summed E-state index contributed by atoms with van der Waals surface area (Å²) >= 11 is 5.96. The molecule has 3 rings (SSSR count). The van der Waals surface area contributed by atoms with E-state index in [1.54, 1.807) is 24.3 Å². The summed E-state index contributed by atoms with van der Waals surface area (Å²) in [4.78, 5) is 36.9. The van der Waals surface area contributed by atoms with Crippen LogP contribution in [0.15, 0.2) is 35.9 Å². The minimum absolute atomic E-state index is 0.231. The molecular weight excluding hydrogens is 304 g/mol. The third-order valence-corrected chi connectivity index (χ3v) is 4.48. The molecular formula is C16H15ClN2O3. The van der Waals surface area contributed by atoms with Crippen molar-refractivity contribution < 1.29 is 14.4 Å². The number of carbonyl (C=O) groups excluding carboxylic acids is 3. The van der Waals surface area contributed by atoms with Crippen molar-refractivity contribution >= 4 is 29.3 Å². The lowest BCUT2D eigenvalue weighted by molar-refractivity contribution is -0.142. The van der Waals surface area contributed by atoms with Crippen LogP contribution in [0, 0.1) is 11.8 Å². The van der Waals surface area contributed by atoms with E-state index in [9.17, 15) is 14.4 Å². The second-order valence-corrected chi connectivity index (χ2v) is 6.04. The van der Waals surface area contributed by atoms with Crippen molar-refractivity contribution in [3.05, 3.63) is 46.5 Å². The normalized spacial score (nSPS) is 24.1. The average Bonchev–Trinajstić information content (AvgIpc) is 2.72. The second kappa shape index (κ2) is 5.57. The van der Waals surface area contributed by atoms with E-state index in [-0.39, 0.29) is 34.2 Å². The third-order valence-electron chi connectivity index (χ3n) is 4.15. The molecule has 1 fully saturated rings. The molecule has 1 aliphatic carbocycles. The van der Waals surface area contributed by atoms with Gasteiger partial charge < -0.3 is 0 Å². The largest absolute Gasteiger partial charge is 0.272 e. The monoisotopic (exact) mass is 318 g/mol. The van der Waals surface area contributed by atoms with Gasteiger partial charge in [0, 0.05) is 0 Å². The molecule has 1 aromatic carbocycles. The van der Waals surface area contributed by atoms with E-state index in [1.807, 2.05) is 13.0 Å². The fourth-order valence-electron chi connectivity index (χ4n) is 2.95. The van der Waals surface area contributed by atoms with Crippen molar-refractivity contribution in [1.29, 1.82) is 0 Å². The number of halogens is 1. The first kappa shape index (κ1) is 14.8. The molecule has 5 nitrogen and oxygen atoms in total. The van der Waals surface area contributed by atoms with Gasteiger partial charge in [0.25, 0.3) is 17.7 Å². The number of allylic oxidation sites excluding steroid dienone is 2. The molecule has 0 radical (unpaired) electrons. The first-order valence-corrected chi connectivity index (χ1v) is 7.46. The highest BCUT2D eigenvalue weighted by Crippen LogP contribution is 2.36. The van der Waals surface area contributed by atoms with Crippen LogP contribution in [-0.4, -0.2) is 22.7 Å². The molecule has 6 heteroatoms. The molecule has 3 amide bonds. The highest BCUT2D eigenvalue weighted by Gasteiger charge is 2.49. The van der Waals surface area contributed by atoms with Crippen LogP contribution in [0.3, 0.4) is 0 Å². The van der Waals surface area contributed by atoms with Crippen LogP contribution in [0.25, 0.3) is 0 Å². The summed E-state index contributed by atoms with van der Waals surface area (Å²) in [6.45, 7) is 1.94. The lowest BCUT2D eigenvalue weighted by atomic mass is 9.82. The van der Waals surface area contributed by atoms with Gasteiger partial charge in [-0.15, -0.1) is 0 Å². The highest BCUT2D eigenvalue weighted by molar-refractivity contribution is 6.33. The molecule has 0 aromatic heterocycles. The molecule has 0 spiro atoms. The number of carbonyl (C=O) groups is 3. The van der Waals surface area contributed by atoms with E-state index in [0.717, 1.165) is 10.6 Å². The van der Waals surface area contributed by atoms with Gasteiger partial charge in [-0.25, -0.2) is 0 Å². The van der Waals surface area contributed by atoms with Gasteiger partial charge in [-0.3, -0.25) is 19.8 Å². The number of rotatable bonds is 2. The van der Waals surface area contributed by atoms with Crippen LogP contribution >= 0.6 is 11.6 Å². The number of hydrogen-bond acceptors (Lipinski definition) is 3. The van der Waals surface area contributed by atoms with E-state index in [1.165, 1.54) is 0 Å². The van der Waals surface area contributed by atoms with Crippen LogP contribution in [0.4, 0.5) is 0 Å². The minimum Gasteiger partial charge on any atom is -0.272 e. The number of nitrogens with one attached hydrogen (secondary N) is 1. The summed E-state index contributed by atoms with van der Waals surface area (Å²) in [6, 6.07) is 6.49. The zero-order valence-electron chi connectivity index (χ0n) is 12.0. The summed E-state index contributed by atoms with van der Waals surface area (Å²) in [5, 5.41) is 1.13. The molecule has 0 bridgehead atoms. The molecule has 0 saturated carbocycles. The first-order valence-electron chi connectivity index (χ1n) is 7.08. The third kappa shape index (κ3) is 2.41. The van der Waals surface area contributed by atoms with Crippen LogP contribution in [0.1, 0.15) is 30.1 Å². The van der Waals surface area contributed by atoms with Crippen molar-refractivity contribution in [3.8, 4) is 0 Å². The lowest BCUT2D eigenvalue weighted by Gasteiger charge is -2.18. The Labute approximate surface area is 132 Å². The number of fused-ring (bicyclic) bond motifs is 1. The molecule has 2 atom stereocenters. The van der Waals surface area contributed by atoms with Gasteiger partial charge in [0.05, 0.1) is 22.4 Å². The molecule has 1 aromatic rings. The number of amides is 3. The Morgan fingerprint density at radius 2 is 1.91 bits per heavy atom. The first-order chi connectivity index (χ1) is 10.5. The van der Waals surface area contributed by atoms with Gasteiger partial charge in [0.15, 0.2) is 0 Å². The lowest BCUT2D eigenvalue weighted by Crippen LogP contribution is -2.46. The molecule has 22 heavy (non-hydrogen) atoms. The fraction of sp³-hybridized carbons (Fsp3) is 0.312. The van der Waals surface area contributed by atoms with E-state index in [0.29, 0.717) is 12.8 Å². The second-order valence-electron chi connectivity index (χ2n) is 5.64. The SMILES string of the molecule is CC1=CC[C@H]2C(=O)N(NC(=O)c3ccccc3Cl)C(=O)[C@@H]2C1. The maximum Gasteiger partial charge on any atom is 0.271 e. The fourth-order valence-corrected chi connectivity index (χ4v) is 3.18.